The molecule has 4 saturated carbocycles. The van der Waals surface area contributed by atoms with E-state index in [1.54, 1.807) is 0 Å². The summed E-state index contributed by atoms with van der Waals surface area (Å²) in [6.07, 6.45) is 18.6. The van der Waals surface area contributed by atoms with E-state index in [-0.39, 0.29) is 28.8 Å². The molecule has 0 unspecified atom stereocenters. The Hall–Kier alpha value is -1.12. The number of allylic oxidation sites excluding steroid dienone is 1. The highest BCUT2D eigenvalue weighted by Gasteiger charge is 2.58. The molecule has 0 aromatic carbocycles. The topological polar surface area (TPSA) is 43.4 Å². The third kappa shape index (κ3) is 4.32. The van der Waals surface area contributed by atoms with Crippen LogP contribution in [0.25, 0.3) is 0 Å². The average molecular weight is 469 g/mol. The van der Waals surface area contributed by atoms with Crippen molar-refractivity contribution in [2.45, 2.75) is 124 Å². The van der Waals surface area contributed by atoms with E-state index in [9.17, 15) is 9.59 Å². The van der Waals surface area contributed by atoms with E-state index in [0.717, 1.165) is 49.9 Å². The van der Waals surface area contributed by atoms with Gasteiger partial charge in [-0.25, -0.2) is 0 Å². The fourth-order valence-electron chi connectivity index (χ4n) is 9.06. The van der Waals surface area contributed by atoms with Crippen LogP contribution in [0.2, 0.25) is 0 Å². The van der Waals surface area contributed by atoms with Crippen LogP contribution >= 0.6 is 0 Å². The van der Waals surface area contributed by atoms with Gasteiger partial charge in [0.1, 0.15) is 6.10 Å². The Balaban J connectivity index is 1.22. The van der Waals surface area contributed by atoms with E-state index in [0.29, 0.717) is 17.6 Å². The van der Waals surface area contributed by atoms with Crippen molar-refractivity contribution in [2.24, 2.45) is 46.3 Å². The quantitative estimate of drug-likeness (QED) is 0.389. The molecule has 0 aliphatic heterocycles. The molecule has 0 saturated heterocycles. The number of hydrogen-bond acceptors (Lipinski definition) is 3. The minimum atomic E-state index is -0.208. The molecule has 0 N–H and O–H groups in total. The van der Waals surface area contributed by atoms with Crippen LogP contribution < -0.4 is 0 Å². The largest absolute Gasteiger partial charge is 0.462 e. The Morgan fingerprint density at radius 1 is 1.00 bits per heavy atom. The molecule has 6 atom stereocenters. The fraction of sp³-hybridized carbons (Fsp3) is 0.871. The molecule has 4 fully saturated rings. The van der Waals surface area contributed by atoms with Crippen molar-refractivity contribution >= 4 is 11.8 Å². The van der Waals surface area contributed by atoms with E-state index < -0.39 is 0 Å². The molecule has 0 aromatic heterocycles. The van der Waals surface area contributed by atoms with Gasteiger partial charge in [-0.05, 0) is 106 Å². The summed E-state index contributed by atoms with van der Waals surface area (Å²) in [7, 11) is 0. The first kappa shape index (κ1) is 24.6. The molecule has 5 aliphatic rings. The van der Waals surface area contributed by atoms with E-state index in [2.05, 4.69) is 27.7 Å². The first-order valence-electron chi connectivity index (χ1n) is 14.7. The van der Waals surface area contributed by atoms with Gasteiger partial charge < -0.3 is 4.74 Å². The van der Waals surface area contributed by atoms with Gasteiger partial charge in [0.2, 0.25) is 0 Å². The SMILES string of the molecule is CCCC[C@H]1CC[C@H](C(=O)O[C@H]2CC[C@H]3[C@@H]4CCC5=CC(=O)C(C)(C)C[C@@H]5[C@H]4CC[C@]23C)CC1. The van der Waals surface area contributed by atoms with Crippen molar-refractivity contribution in [3.63, 3.8) is 0 Å². The summed E-state index contributed by atoms with van der Waals surface area (Å²) >= 11 is 0. The monoisotopic (exact) mass is 468 g/mol. The van der Waals surface area contributed by atoms with Crippen LogP contribution in [0.3, 0.4) is 0 Å². The zero-order chi connectivity index (χ0) is 24.1. The number of esters is 1. The maximum atomic E-state index is 13.2. The first-order chi connectivity index (χ1) is 16.2. The third-order valence-electron chi connectivity index (χ3n) is 11.3. The van der Waals surface area contributed by atoms with Crippen LogP contribution in [-0.4, -0.2) is 17.9 Å². The van der Waals surface area contributed by atoms with E-state index >= 15 is 0 Å². The van der Waals surface area contributed by atoms with Crippen molar-refractivity contribution in [1.29, 1.82) is 0 Å². The minimum Gasteiger partial charge on any atom is -0.462 e. The molecule has 0 aromatic rings. The van der Waals surface area contributed by atoms with Gasteiger partial charge in [-0.2, -0.15) is 0 Å². The van der Waals surface area contributed by atoms with Gasteiger partial charge in [-0.3, -0.25) is 9.59 Å². The number of ether oxygens (including phenoxy) is 1. The lowest BCUT2D eigenvalue weighted by Gasteiger charge is -2.54. The van der Waals surface area contributed by atoms with E-state index in [1.807, 2.05) is 6.08 Å². The maximum absolute atomic E-state index is 13.2. The summed E-state index contributed by atoms with van der Waals surface area (Å²) < 4.78 is 6.38. The normalized spacial score (nSPS) is 43.4. The number of carbonyl (C=O) groups is 2. The van der Waals surface area contributed by atoms with Crippen molar-refractivity contribution in [2.75, 3.05) is 0 Å². The summed E-state index contributed by atoms with van der Waals surface area (Å²) in [5, 5.41) is 0. The molecule has 34 heavy (non-hydrogen) atoms. The third-order valence-corrected chi connectivity index (χ3v) is 11.3. The molecule has 5 aliphatic carbocycles. The van der Waals surface area contributed by atoms with Crippen LogP contribution in [0, 0.1) is 46.3 Å². The van der Waals surface area contributed by atoms with Gasteiger partial charge in [-0.15, -0.1) is 0 Å². The molecule has 190 valence electrons. The second-order valence-corrected chi connectivity index (χ2v) is 13.7. The number of fused-ring (bicyclic) bond motifs is 5. The van der Waals surface area contributed by atoms with Gasteiger partial charge in [0.15, 0.2) is 5.78 Å². The minimum absolute atomic E-state index is 0.115. The maximum Gasteiger partial charge on any atom is 0.309 e. The van der Waals surface area contributed by atoms with Crippen molar-refractivity contribution < 1.29 is 14.3 Å². The van der Waals surface area contributed by atoms with Crippen LogP contribution in [0.1, 0.15) is 118 Å². The Bertz CT molecular complexity index is 817. The molecule has 0 spiro atoms. The number of hydrogen-bond donors (Lipinski definition) is 0. The summed E-state index contributed by atoms with van der Waals surface area (Å²) in [5.74, 6) is 4.16. The highest BCUT2D eigenvalue weighted by Crippen LogP contribution is 2.63. The highest BCUT2D eigenvalue weighted by atomic mass is 16.5. The summed E-state index contributed by atoms with van der Waals surface area (Å²) in [4.78, 5) is 25.8. The number of unbranched alkanes of at least 4 members (excludes halogenated alkanes) is 1. The Morgan fingerprint density at radius 2 is 1.76 bits per heavy atom. The van der Waals surface area contributed by atoms with Crippen LogP contribution in [0.5, 0.6) is 0 Å². The lowest BCUT2D eigenvalue weighted by molar-refractivity contribution is -0.165. The van der Waals surface area contributed by atoms with Crippen LogP contribution in [0.4, 0.5) is 0 Å². The smallest absolute Gasteiger partial charge is 0.309 e. The van der Waals surface area contributed by atoms with E-state index in [4.69, 9.17) is 4.74 Å². The van der Waals surface area contributed by atoms with Gasteiger partial charge in [0.05, 0.1) is 5.92 Å². The Kier molecular flexibility index (Phi) is 6.79. The molecule has 3 nitrogen and oxygen atoms in total. The van der Waals surface area contributed by atoms with Gasteiger partial charge in [-0.1, -0.05) is 52.5 Å². The average Bonchev–Trinajstić information content (AvgIpc) is 3.14. The fourth-order valence-corrected chi connectivity index (χ4v) is 9.06. The number of rotatable bonds is 5. The van der Waals surface area contributed by atoms with Crippen molar-refractivity contribution in [3.05, 3.63) is 11.6 Å². The second kappa shape index (κ2) is 9.40. The Labute approximate surface area is 207 Å². The van der Waals surface area contributed by atoms with Crippen LogP contribution in [-0.2, 0) is 14.3 Å². The molecular weight excluding hydrogens is 420 g/mol. The molecule has 0 radical (unpaired) electrons. The molecular formula is C31H48O3. The zero-order valence-electron chi connectivity index (χ0n) is 22.2. The van der Waals surface area contributed by atoms with Gasteiger partial charge >= 0.3 is 5.97 Å². The van der Waals surface area contributed by atoms with Crippen LogP contribution in [0.15, 0.2) is 11.6 Å². The van der Waals surface area contributed by atoms with E-state index in [1.165, 1.54) is 63.4 Å². The number of ketones is 1. The molecule has 0 heterocycles. The molecule has 5 rings (SSSR count). The lowest BCUT2D eigenvalue weighted by atomic mass is 9.50. The lowest BCUT2D eigenvalue weighted by Crippen LogP contribution is -2.49. The molecule has 0 amide bonds. The zero-order valence-corrected chi connectivity index (χ0v) is 22.2. The Morgan fingerprint density at radius 3 is 2.50 bits per heavy atom. The van der Waals surface area contributed by atoms with Gasteiger partial charge in [0.25, 0.3) is 0 Å². The molecule has 3 heteroatoms. The predicted molar refractivity (Wildman–Crippen MR) is 136 cm³/mol. The highest BCUT2D eigenvalue weighted by molar-refractivity contribution is 5.96. The first-order valence-corrected chi connectivity index (χ1v) is 14.7. The predicted octanol–water partition coefficient (Wildman–Crippen LogP) is 7.67. The summed E-state index contributed by atoms with van der Waals surface area (Å²) in [5.41, 5.74) is 1.39. The summed E-state index contributed by atoms with van der Waals surface area (Å²) in [6, 6.07) is 0. The summed E-state index contributed by atoms with van der Waals surface area (Å²) in [6.45, 7) is 8.99. The second-order valence-electron chi connectivity index (χ2n) is 13.7. The number of carbonyl (C=O) groups excluding carboxylic acids is 2. The molecule has 0 bridgehead atoms. The van der Waals surface area contributed by atoms with Gasteiger partial charge in [0, 0.05) is 10.8 Å². The van der Waals surface area contributed by atoms with Crippen molar-refractivity contribution in [3.8, 4) is 0 Å². The van der Waals surface area contributed by atoms with Crippen molar-refractivity contribution in [1.82, 2.24) is 0 Å². The standard InChI is InChI=1S/C31H48O3/c1-5-6-7-20-8-10-21(11-9-20)29(33)34-28-15-14-26-24-13-12-22-18-27(32)30(2,3)19-25(22)23(24)16-17-31(26,28)4/h18,20-21,23-26,28H,5-17,19H2,1-4H3/t20-,21-,23-,24+,25-,26-,28-,31-/m0/s1.